The summed E-state index contributed by atoms with van der Waals surface area (Å²) in [6, 6.07) is 0. The molecular formula is C2H9ClKN. The summed E-state index contributed by atoms with van der Waals surface area (Å²) in [6.07, 6.45) is 0. The third kappa shape index (κ3) is 25.0. The van der Waals surface area contributed by atoms with Gasteiger partial charge in [-0.1, -0.05) is 0 Å². The molecule has 0 aromatic heterocycles. The van der Waals surface area contributed by atoms with Crippen molar-refractivity contribution in [1.29, 1.82) is 0 Å². The molecule has 30 valence electrons. The second-order valence-corrected chi connectivity index (χ2v) is 0.500. The minimum atomic E-state index is 0. The molecule has 0 aliphatic rings. The van der Waals surface area contributed by atoms with Gasteiger partial charge in [0.1, 0.15) is 0 Å². The molecule has 1 nitrogen and oxygen atoms in total. The fourth-order valence-electron chi connectivity index (χ4n) is 0. The Morgan fingerprint density at radius 1 is 1.20 bits per heavy atom. The van der Waals surface area contributed by atoms with Crippen molar-refractivity contribution in [1.82, 2.24) is 5.32 Å². The van der Waals surface area contributed by atoms with Crippen molar-refractivity contribution < 1.29 is 0 Å². The van der Waals surface area contributed by atoms with Gasteiger partial charge in [-0.05, 0) is 14.1 Å². The first kappa shape index (κ1) is 15.8. The van der Waals surface area contributed by atoms with Gasteiger partial charge in [0.05, 0.1) is 0 Å². The molecule has 0 atom stereocenters. The van der Waals surface area contributed by atoms with E-state index in [0.717, 1.165) is 0 Å². The number of halogens is 1. The Kier molecular flexibility index (Phi) is 53.3. The Morgan fingerprint density at radius 3 is 1.20 bits per heavy atom. The maximum absolute atomic E-state index is 2.75. The summed E-state index contributed by atoms with van der Waals surface area (Å²) in [6.45, 7) is 0. The van der Waals surface area contributed by atoms with E-state index in [2.05, 4.69) is 5.32 Å². The molecular weight excluding hydrogens is 113 g/mol. The molecule has 0 heterocycles. The van der Waals surface area contributed by atoms with E-state index in [1.807, 2.05) is 14.1 Å². The van der Waals surface area contributed by atoms with Crippen LogP contribution in [0, 0.1) is 0 Å². The van der Waals surface area contributed by atoms with Crippen LogP contribution in [0.3, 0.4) is 0 Å². The normalized spacial score (nSPS) is 3.60. The van der Waals surface area contributed by atoms with E-state index in [9.17, 15) is 0 Å². The zero-order valence-corrected chi connectivity index (χ0v) is 3.72. The molecule has 0 unspecified atom stereocenters. The molecule has 5 heavy (non-hydrogen) atoms. The van der Waals surface area contributed by atoms with E-state index >= 15 is 0 Å². The molecule has 0 spiro atoms. The summed E-state index contributed by atoms with van der Waals surface area (Å²) in [5, 5.41) is 2.75. The van der Waals surface area contributed by atoms with E-state index in [1.165, 1.54) is 0 Å². The van der Waals surface area contributed by atoms with Gasteiger partial charge in [-0.3, -0.25) is 0 Å². The van der Waals surface area contributed by atoms with Crippen LogP contribution in [-0.2, 0) is 0 Å². The van der Waals surface area contributed by atoms with Gasteiger partial charge in [0.25, 0.3) is 0 Å². The Labute approximate surface area is 81.7 Å². The van der Waals surface area contributed by atoms with E-state index in [1.54, 1.807) is 0 Å². The Bertz CT molecular complexity index is 9.61. The number of hydrogen-bond acceptors (Lipinski definition) is 1. The van der Waals surface area contributed by atoms with Crippen molar-refractivity contribution in [3.63, 3.8) is 0 Å². The van der Waals surface area contributed by atoms with Crippen LogP contribution in [0.4, 0.5) is 0 Å². The first-order valence-electron chi connectivity index (χ1n) is 1.00. The van der Waals surface area contributed by atoms with Crippen molar-refractivity contribution in [2.45, 2.75) is 0 Å². The van der Waals surface area contributed by atoms with Crippen molar-refractivity contribution in [3.05, 3.63) is 0 Å². The van der Waals surface area contributed by atoms with Crippen molar-refractivity contribution in [2.75, 3.05) is 14.1 Å². The Hall–Kier alpha value is 1.89. The molecule has 0 aromatic rings. The molecule has 0 aliphatic heterocycles. The van der Waals surface area contributed by atoms with Crippen molar-refractivity contribution in [2.24, 2.45) is 0 Å². The average molecular weight is 122 g/mol. The quantitative estimate of drug-likeness (QED) is 0.431. The maximum atomic E-state index is 2.75. The molecule has 0 bridgehead atoms. The second-order valence-electron chi connectivity index (χ2n) is 0.500. The van der Waals surface area contributed by atoms with Crippen LogP contribution >= 0.6 is 12.4 Å². The van der Waals surface area contributed by atoms with Gasteiger partial charge < -0.3 is 5.32 Å². The number of nitrogens with one attached hydrogen (secondary N) is 1. The Balaban J connectivity index is -0.0000000200. The first-order valence-corrected chi connectivity index (χ1v) is 1.00. The van der Waals surface area contributed by atoms with Crippen LogP contribution in [0.25, 0.3) is 0 Å². The van der Waals surface area contributed by atoms with E-state index in [0.29, 0.717) is 0 Å². The Morgan fingerprint density at radius 2 is 1.20 bits per heavy atom. The van der Waals surface area contributed by atoms with Gasteiger partial charge in [0.15, 0.2) is 0 Å². The molecule has 0 saturated heterocycles. The molecule has 0 rings (SSSR count). The summed E-state index contributed by atoms with van der Waals surface area (Å²) in [5.41, 5.74) is 0. The SMILES string of the molecule is CNC.Cl.[KH]. The van der Waals surface area contributed by atoms with E-state index < -0.39 is 0 Å². The van der Waals surface area contributed by atoms with Gasteiger partial charge in [0.2, 0.25) is 0 Å². The fraction of sp³-hybridized carbons (Fsp3) is 1.00. The zero-order chi connectivity index (χ0) is 2.71. The number of hydrogen-bond donors (Lipinski definition) is 1. The second kappa shape index (κ2) is 16.9. The molecule has 3 heteroatoms. The third-order valence-corrected chi connectivity index (χ3v) is 0. The fourth-order valence-corrected chi connectivity index (χ4v) is 0. The summed E-state index contributed by atoms with van der Waals surface area (Å²) in [4.78, 5) is 0. The van der Waals surface area contributed by atoms with Crippen LogP contribution in [0.15, 0.2) is 0 Å². The van der Waals surface area contributed by atoms with Gasteiger partial charge in [-0.15, -0.1) is 12.4 Å². The summed E-state index contributed by atoms with van der Waals surface area (Å²) in [7, 11) is 3.75. The van der Waals surface area contributed by atoms with Gasteiger partial charge in [-0.2, -0.15) is 0 Å². The van der Waals surface area contributed by atoms with Crippen LogP contribution < -0.4 is 5.32 Å². The van der Waals surface area contributed by atoms with Crippen LogP contribution in [0.1, 0.15) is 0 Å². The first-order chi connectivity index (χ1) is 1.41. The zero-order valence-electron chi connectivity index (χ0n) is 2.91. The average Bonchev–Trinajstić information content (AvgIpc) is 0.918. The third-order valence-electron chi connectivity index (χ3n) is 0. The van der Waals surface area contributed by atoms with Crippen LogP contribution in [-0.4, -0.2) is 65.5 Å². The predicted octanol–water partition coefficient (Wildman–Crippen LogP) is -0.391. The molecule has 0 fully saturated rings. The molecule has 1 N–H and O–H groups in total. The van der Waals surface area contributed by atoms with E-state index in [-0.39, 0.29) is 63.8 Å². The molecule has 0 aromatic carbocycles. The van der Waals surface area contributed by atoms with Crippen LogP contribution in [0.5, 0.6) is 0 Å². The predicted molar refractivity (Wildman–Crippen MR) is 29.4 cm³/mol. The summed E-state index contributed by atoms with van der Waals surface area (Å²) in [5.74, 6) is 0. The topological polar surface area (TPSA) is 12.0 Å². The van der Waals surface area contributed by atoms with Crippen LogP contribution in [0.2, 0.25) is 0 Å². The van der Waals surface area contributed by atoms with Crippen molar-refractivity contribution >= 4 is 63.8 Å². The van der Waals surface area contributed by atoms with Gasteiger partial charge in [-0.25, -0.2) is 0 Å². The van der Waals surface area contributed by atoms with Gasteiger partial charge >= 0.3 is 51.4 Å². The summed E-state index contributed by atoms with van der Waals surface area (Å²) < 4.78 is 0. The molecule has 0 radical (unpaired) electrons. The number of rotatable bonds is 0. The summed E-state index contributed by atoms with van der Waals surface area (Å²) >= 11 is 0. The standard InChI is InChI=1S/C2H7N.ClH.K.H/c1-3-2;;;/h3H,1-2H3;1H;;. The minimum absolute atomic E-state index is 0. The molecule has 0 aliphatic carbocycles. The molecule has 0 amide bonds. The monoisotopic (exact) mass is 121 g/mol. The van der Waals surface area contributed by atoms with E-state index in [4.69, 9.17) is 0 Å². The molecule has 0 saturated carbocycles. The van der Waals surface area contributed by atoms with Crippen molar-refractivity contribution in [3.8, 4) is 0 Å². The van der Waals surface area contributed by atoms with Gasteiger partial charge in [0, 0.05) is 0 Å².